The normalized spacial score (nSPS) is 19.6. The predicted molar refractivity (Wildman–Crippen MR) is 77.7 cm³/mol. The number of Topliss-reactive ketones (excluding diaryl/α,β-unsaturated/α-hetero) is 1. The Morgan fingerprint density at radius 1 is 1.55 bits per heavy atom. The smallest absolute Gasteiger partial charge is 0.167 e. The molecule has 0 spiro atoms. The van der Waals surface area contributed by atoms with Crippen molar-refractivity contribution in [3.8, 4) is 0 Å². The summed E-state index contributed by atoms with van der Waals surface area (Å²) in [5, 5.41) is 7.20. The Morgan fingerprint density at radius 2 is 2.45 bits per heavy atom. The van der Waals surface area contributed by atoms with Crippen molar-refractivity contribution in [2.45, 2.75) is 31.8 Å². The summed E-state index contributed by atoms with van der Waals surface area (Å²) < 4.78 is 1.68. The van der Waals surface area contributed by atoms with Crippen LogP contribution in [0.5, 0.6) is 0 Å². The lowest BCUT2D eigenvalue weighted by Gasteiger charge is -2.22. The first kappa shape index (κ1) is 13.5. The largest absolute Gasteiger partial charge is 0.294 e. The monoisotopic (exact) mass is 290 g/mol. The zero-order valence-corrected chi connectivity index (χ0v) is 12.3. The summed E-state index contributed by atoms with van der Waals surface area (Å²) in [4.78, 5) is 19.0. The van der Waals surface area contributed by atoms with Crippen LogP contribution in [0.2, 0.25) is 0 Å². The quantitative estimate of drug-likeness (QED) is 0.791. The maximum absolute atomic E-state index is 12.3. The lowest BCUT2D eigenvalue weighted by atomic mass is 10.0. The highest BCUT2D eigenvalue weighted by Crippen LogP contribution is 2.24. The summed E-state index contributed by atoms with van der Waals surface area (Å²) in [6, 6.07) is 0.339. The molecule has 6 heteroatoms. The molecule has 3 rings (SSSR count). The molecule has 1 aliphatic rings. The van der Waals surface area contributed by atoms with E-state index in [4.69, 9.17) is 0 Å². The van der Waals surface area contributed by atoms with Gasteiger partial charge < -0.3 is 0 Å². The molecule has 106 valence electrons. The van der Waals surface area contributed by atoms with Gasteiger partial charge in [-0.15, -0.1) is 11.3 Å². The molecule has 0 N–H and O–H groups in total. The minimum Gasteiger partial charge on any atom is -0.294 e. The van der Waals surface area contributed by atoms with Gasteiger partial charge in [0.05, 0.1) is 18.3 Å². The molecule has 0 aliphatic carbocycles. The van der Waals surface area contributed by atoms with E-state index < -0.39 is 0 Å². The van der Waals surface area contributed by atoms with E-state index in [0.29, 0.717) is 18.0 Å². The zero-order valence-electron chi connectivity index (χ0n) is 11.5. The van der Waals surface area contributed by atoms with Crippen LogP contribution in [0.4, 0.5) is 0 Å². The van der Waals surface area contributed by atoms with E-state index in [1.165, 1.54) is 0 Å². The van der Waals surface area contributed by atoms with Crippen molar-refractivity contribution in [2.75, 3.05) is 6.54 Å². The second-order valence-electron chi connectivity index (χ2n) is 5.22. The number of rotatable bonds is 5. The standard InChI is InChI=1S/C14H18N4OS/c1-17-9-11(8-16-17)13(19)7-12-3-2-5-18(12)10-14-15-4-6-20-14/h4,6,8-9,12H,2-3,5,7,10H2,1H3/t12-/m1/s1. The van der Waals surface area contributed by atoms with Crippen molar-refractivity contribution in [1.82, 2.24) is 19.7 Å². The van der Waals surface area contributed by atoms with Crippen LogP contribution >= 0.6 is 11.3 Å². The van der Waals surface area contributed by atoms with Gasteiger partial charge in [-0.25, -0.2) is 4.98 Å². The fraction of sp³-hybridized carbons (Fsp3) is 0.500. The summed E-state index contributed by atoms with van der Waals surface area (Å²) in [5.74, 6) is 0.189. The molecule has 1 aliphatic heterocycles. The molecule has 20 heavy (non-hydrogen) atoms. The van der Waals surface area contributed by atoms with Crippen molar-refractivity contribution >= 4 is 17.1 Å². The molecule has 0 radical (unpaired) electrons. The van der Waals surface area contributed by atoms with Crippen LogP contribution < -0.4 is 0 Å². The Bertz CT molecular complexity index is 578. The molecule has 5 nitrogen and oxygen atoms in total. The van der Waals surface area contributed by atoms with E-state index >= 15 is 0 Å². The first-order valence-electron chi connectivity index (χ1n) is 6.86. The van der Waals surface area contributed by atoms with Gasteiger partial charge >= 0.3 is 0 Å². The summed E-state index contributed by atoms with van der Waals surface area (Å²) in [6.45, 7) is 1.92. The molecular formula is C14H18N4OS. The Morgan fingerprint density at radius 3 is 3.15 bits per heavy atom. The number of thiazole rings is 1. The maximum atomic E-state index is 12.3. The van der Waals surface area contributed by atoms with Crippen molar-refractivity contribution in [2.24, 2.45) is 7.05 Å². The highest BCUT2D eigenvalue weighted by Gasteiger charge is 2.27. The average molecular weight is 290 g/mol. The second kappa shape index (κ2) is 5.85. The Kier molecular flexibility index (Phi) is 3.93. The van der Waals surface area contributed by atoms with E-state index in [0.717, 1.165) is 30.9 Å². The number of carbonyl (C=O) groups excluding carboxylic acids is 1. The third kappa shape index (κ3) is 2.96. The van der Waals surface area contributed by atoms with Crippen LogP contribution in [0.1, 0.15) is 34.6 Å². The number of hydrogen-bond donors (Lipinski definition) is 0. The van der Waals surface area contributed by atoms with Gasteiger partial charge in [0, 0.05) is 37.3 Å². The minimum atomic E-state index is 0.189. The first-order chi connectivity index (χ1) is 9.72. The van der Waals surface area contributed by atoms with Crippen LogP contribution in [0, 0.1) is 0 Å². The molecule has 2 aromatic rings. The highest BCUT2D eigenvalue weighted by atomic mass is 32.1. The molecule has 0 unspecified atom stereocenters. The molecular weight excluding hydrogens is 272 g/mol. The Balaban J connectivity index is 1.62. The maximum Gasteiger partial charge on any atom is 0.167 e. The van der Waals surface area contributed by atoms with Gasteiger partial charge in [0.25, 0.3) is 0 Å². The lowest BCUT2D eigenvalue weighted by molar-refractivity contribution is 0.0938. The molecule has 1 saturated heterocycles. The average Bonchev–Trinajstić information content (AvgIpc) is 3.13. The molecule has 0 amide bonds. The van der Waals surface area contributed by atoms with Crippen molar-refractivity contribution in [1.29, 1.82) is 0 Å². The summed E-state index contributed by atoms with van der Waals surface area (Å²) in [7, 11) is 1.83. The van der Waals surface area contributed by atoms with E-state index in [9.17, 15) is 4.79 Å². The van der Waals surface area contributed by atoms with E-state index in [-0.39, 0.29) is 5.78 Å². The first-order valence-corrected chi connectivity index (χ1v) is 7.74. The van der Waals surface area contributed by atoms with Crippen molar-refractivity contribution in [3.63, 3.8) is 0 Å². The van der Waals surface area contributed by atoms with Crippen LogP contribution in [-0.4, -0.2) is 38.0 Å². The minimum absolute atomic E-state index is 0.189. The summed E-state index contributed by atoms with van der Waals surface area (Å²) in [6.07, 6.45) is 8.13. The van der Waals surface area contributed by atoms with Gasteiger partial charge in [0.1, 0.15) is 5.01 Å². The number of nitrogens with zero attached hydrogens (tertiary/aromatic N) is 4. The van der Waals surface area contributed by atoms with Gasteiger partial charge in [0.2, 0.25) is 0 Å². The van der Waals surface area contributed by atoms with Gasteiger partial charge in [-0.3, -0.25) is 14.4 Å². The van der Waals surface area contributed by atoms with Gasteiger partial charge in [-0.05, 0) is 19.4 Å². The molecule has 1 atom stereocenters. The Labute approximate surface area is 122 Å². The van der Waals surface area contributed by atoms with Gasteiger partial charge in [-0.2, -0.15) is 5.10 Å². The number of aryl methyl sites for hydroxylation is 1. The molecule has 0 saturated carbocycles. The van der Waals surface area contributed by atoms with Crippen LogP contribution in [0.25, 0.3) is 0 Å². The molecule has 3 heterocycles. The molecule has 1 fully saturated rings. The molecule has 2 aromatic heterocycles. The summed E-state index contributed by atoms with van der Waals surface area (Å²) >= 11 is 1.68. The fourth-order valence-corrected chi connectivity index (χ4v) is 3.38. The van der Waals surface area contributed by atoms with Gasteiger partial charge in [0.15, 0.2) is 5.78 Å². The lowest BCUT2D eigenvalue weighted by Crippen LogP contribution is -2.30. The third-order valence-corrected chi connectivity index (χ3v) is 4.53. The Hall–Kier alpha value is -1.53. The van der Waals surface area contributed by atoms with E-state index in [1.807, 2.05) is 18.6 Å². The predicted octanol–water partition coefficient (Wildman–Crippen LogP) is 2.11. The van der Waals surface area contributed by atoms with Crippen molar-refractivity contribution < 1.29 is 4.79 Å². The number of aromatic nitrogens is 3. The number of carbonyl (C=O) groups is 1. The molecule has 0 bridgehead atoms. The summed E-state index contributed by atoms with van der Waals surface area (Å²) in [5.41, 5.74) is 0.716. The SMILES string of the molecule is Cn1cc(C(=O)C[C@H]2CCCN2Cc2nccs2)cn1. The number of hydrogen-bond acceptors (Lipinski definition) is 5. The van der Waals surface area contributed by atoms with Crippen LogP contribution in [0.3, 0.4) is 0 Å². The van der Waals surface area contributed by atoms with E-state index in [2.05, 4.69) is 15.0 Å². The second-order valence-corrected chi connectivity index (χ2v) is 6.20. The van der Waals surface area contributed by atoms with Crippen LogP contribution in [-0.2, 0) is 13.6 Å². The van der Waals surface area contributed by atoms with Gasteiger partial charge in [-0.1, -0.05) is 0 Å². The molecule has 0 aromatic carbocycles. The number of ketones is 1. The van der Waals surface area contributed by atoms with E-state index in [1.54, 1.807) is 28.4 Å². The number of likely N-dealkylation sites (tertiary alicyclic amines) is 1. The highest BCUT2D eigenvalue weighted by molar-refractivity contribution is 7.09. The van der Waals surface area contributed by atoms with Crippen molar-refractivity contribution in [3.05, 3.63) is 34.5 Å². The topological polar surface area (TPSA) is 51.0 Å². The fourth-order valence-electron chi connectivity index (χ4n) is 2.74. The third-order valence-electron chi connectivity index (χ3n) is 3.77. The zero-order chi connectivity index (χ0) is 13.9. The van der Waals surface area contributed by atoms with Crippen LogP contribution in [0.15, 0.2) is 24.0 Å².